The summed E-state index contributed by atoms with van der Waals surface area (Å²) in [5.41, 5.74) is 0.928. The zero-order chi connectivity index (χ0) is 9.97. The smallest absolute Gasteiger partial charge is 0.120 e. The Labute approximate surface area is 101 Å². The van der Waals surface area contributed by atoms with Gasteiger partial charge < -0.3 is 10.4 Å². The lowest BCUT2D eigenvalue weighted by Gasteiger charge is -2.24. The van der Waals surface area contributed by atoms with Gasteiger partial charge >= 0.3 is 0 Å². The Kier molecular flexibility index (Phi) is 4.71. The van der Waals surface area contributed by atoms with Gasteiger partial charge in [0.1, 0.15) is 5.75 Å². The molecule has 0 aliphatic carbocycles. The Morgan fingerprint density at radius 3 is 2.80 bits per heavy atom. The molecule has 1 saturated heterocycles. The Hall–Kier alpha value is -0.440. The van der Waals surface area contributed by atoms with Gasteiger partial charge in [-0.05, 0) is 37.6 Å². The molecule has 1 aliphatic rings. The normalized spacial score (nSPS) is 20.7. The summed E-state index contributed by atoms with van der Waals surface area (Å²) in [5.74, 6) is 0.341. The molecule has 4 heteroatoms. The van der Waals surface area contributed by atoms with Crippen molar-refractivity contribution in [3.05, 3.63) is 28.8 Å². The van der Waals surface area contributed by atoms with E-state index in [0.29, 0.717) is 10.8 Å². The van der Waals surface area contributed by atoms with E-state index in [0.717, 1.165) is 18.5 Å². The van der Waals surface area contributed by atoms with Crippen LogP contribution >= 0.6 is 24.0 Å². The van der Waals surface area contributed by atoms with Gasteiger partial charge in [0.05, 0.1) is 0 Å². The monoisotopic (exact) mass is 247 g/mol. The van der Waals surface area contributed by atoms with Crippen LogP contribution in [0.4, 0.5) is 0 Å². The average Bonchev–Trinajstić information content (AvgIpc) is 2.23. The Morgan fingerprint density at radius 2 is 2.13 bits per heavy atom. The summed E-state index contributed by atoms with van der Waals surface area (Å²) in [6, 6.07) is 5.49. The summed E-state index contributed by atoms with van der Waals surface area (Å²) in [7, 11) is 0. The van der Waals surface area contributed by atoms with E-state index < -0.39 is 0 Å². The maximum atomic E-state index is 9.69. The summed E-state index contributed by atoms with van der Waals surface area (Å²) in [5, 5.41) is 13.8. The molecule has 2 N–H and O–H groups in total. The predicted octanol–water partition coefficient (Wildman–Crippen LogP) is 3.28. The second-order valence-electron chi connectivity index (χ2n) is 3.71. The van der Waals surface area contributed by atoms with E-state index in [-0.39, 0.29) is 18.4 Å². The van der Waals surface area contributed by atoms with Crippen molar-refractivity contribution in [2.24, 2.45) is 0 Å². The van der Waals surface area contributed by atoms with Crippen LogP contribution in [-0.2, 0) is 0 Å². The van der Waals surface area contributed by atoms with E-state index in [4.69, 9.17) is 11.6 Å². The highest BCUT2D eigenvalue weighted by molar-refractivity contribution is 6.30. The van der Waals surface area contributed by atoms with Crippen LogP contribution < -0.4 is 5.32 Å². The topological polar surface area (TPSA) is 32.3 Å². The lowest BCUT2D eigenvalue weighted by Crippen LogP contribution is -2.26. The zero-order valence-electron chi connectivity index (χ0n) is 8.37. The Morgan fingerprint density at radius 1 is 1.33 bits per heavy atom. The quantitative estimate of drug-likeness (QED) is 0.799. The number of hydrogen-bond acceptors (Lipinski definition) is 2. The molecule has 1 heterocycles. The van der Waals surface area contributed by atoms with Crippen LogP contribution in [0.25, 0.3) is 0 Å². The molecule has 1 aromatic carbocycles. The number of halogens is 2. The molecule has 1 aliphatic heterocycles. The minimum atomic E-state index is 0. The molecule has 0 aromatic heterocycles. The maximum absolute atomic E-state index is 9.69. The van der Waals surface area contributed by atoms with Gasteiger partial charge in [-0.2, -0.15) is 0 Å². The van der Waals surface area contributed by atoms with E-state index in [1.54, 1.807) is 12.1 Å². The van der Waals surface area contributed by atoms with Gasteiger partial charge in [-0.1, -0.05) is 18.0 Å². The number of benzene rings is 1. The highest BCUT2D eigenvalue weighted by Gasteiger charge is 2.17. The number of nitrogens with one attached hydrogen (secondary N) is 1. The molecule has 1 fully saturated rings. The second kappa shape index (κ2) is 5.59. The largest absolute Gasteiger partial charge is 0.508 e. The molecule has 0 bridgehead atoms. The first-order valence-electron chi connectivity index (χ1n) is 4.99. The SMILES string of the molecule is Cl.Oc1ccc(Cl)cc1[C@@H]1CCCCN1. The molecule has 0 amide bonds. The molecule has 2 rings (SSSR count). The van der Waals surface area contributed by atoms with Gasteiger partial charge in [0.15, 0.2) is 0 Å². The van der Waals surface area contributed by atoms with E-state index in [9.17, 15) is 5.11 Å². The lowest BCUT2D eigenvalue weighted by molar-refractivity contribution is 0.391. The molecule has 0 saturated carbocycles. The highest BCUT2D eigenvalue weighted by atomic mass is 35.5. The van der Waals surface area contributed by atoms with Crippen molar-refractivity contribution in [1.82, 2.24) is 5.32 Å². The molecule has 2 nitrogen and oxygen atoms in total. The van der Waals surface area contributed by atoms with Crippen LogP contribution in [0, 0.1) is 0 Å². The number of phenolic OH excluding ortho intramolecular Hbond substituents is 1. The molecule has 0 unspecified atom stereocenters. The maximum Gasteiger partial charge on any atom is 0.120 e. The molecule has 0 spiro atoms. The minimum Gasteiger partial charge on any atom is -0.508 e. The van der Waals surface area contributed by atoms with Crippen molar-refractivity contribution in [2.45, 2.75) is 25.3 Å². The van der Waals surface area contributed by atoms with Gasteiger partial charge in [0.25, 0.3) is 0 Å². The third-order valence-corrected chi connectivity index (χ3v) is 2.91. The minimum absolute atomic E-state index is 0. The standard InChI is InChI=1S/C11H14ClNO.ClH/c12-8-4-5-11(14)9(7-8)10-3-1-2-6-13-10;/h4-5,7,10,13-14H,1-3,6H2;1H/t10-;/m0./s1. The summed E-state index contributed by atoms with van der Waals surface area (Å²) in [6.45, 7) is 1.02. The van der Waals surface area contributed by atoms with Crippen molar-refractivity contribution < 1.29 is 5.11 Å². The number of hydrogen-bond donors (Lipinski definition) is 2. The van der Waals surface area contributed by atoms with E-state index >= 15 is 0 Å². The van der Waals surface area contributed by atoms with Crippen LogP contribution in [0.5, 0.6) is 5.75 Å². The number of rotatable bonds is 1. The Balaban J connectivity index is 0.00000112. The summed E-state index contributed by atoms with van der Waals surface area (Å²) in [4.78, 5) is 0. The fourth-order valence-corrected chi connectivity index (χ4v) is 2.10. The van der Waals surface area contributed by atoms with Crippen LogP contribution in [0.2, 0.25) is 5.02 Å². The highest BCUT2D eigenvalue weighted by Crippen LogP contribution is 2.31. The van der Waals surface area contributed by atoms with E-state index in [1.807, 2.05) is 6.07 Å². The van der Waals surface area contributed by atoms with Crippen molar-refractivity contribution in [1.29, 1.82) is 0 Å². The first-order chi connectivity index (χ1) is 6.77. The van der Waals surface area contributed by atoms with Crippen molar-refractivity contribution in [3.8, 4) is 5.75 Å². The summed E-state index contributed by atoms with van der Waals surface area (Å²) < 4.78 is 0. The van der Waals surface area contributed by atoms with Gasteiger partial charge in [-0.25, -0.2) is 0 Å². The van der Waals surface area contributed by atoms with Crippen molar-refractivity contribution in [2.75, 3.05) is 6.54 Å². The van der Waals surface area contributed by atoms with Crippen molar-refractivity contribution >= 4 is 24.0 Å². The molecule has 1 aromatic rings. The molecule has 0 radical (unpaired) electrons. The summed E-state index contributed by atoms with van der Waals surface area (Å²) in [6.07, 6.45) is 3.51. The van der Waals surface area contributed by atoms with E-state index in [1.165, 1.54) is 12.8 Å². The van der Waals surface area contributed by atoms with Crippen molar-refractivity contribution in [3.63, 3.8) is 0 Å². The number of piperidine rings is 1. The average molecular weight is 248 g/mol. The first-order valence-corrected chi connectivity index (χ1v) is 5.37. The van der Waals surface area contributed by atoms with Gasteiger partial charge in [0.2, 0.25) is 0 Å². The summed E-state index contributed by atoms with van der Waals surface area (Å²) >= 11 is 5.90. The van der Waals surface area contributed by atoms with E-state index in [2.05, 4.69) is 5.32 Å². The molecular formula is C11H15Cl2NO. The van der Waals surface area contributed by atoms with Crippen LogP contribution in [0.1, 0.15) is 30.9 Å². The molecule has 1 atom stereocenters. The third-order valence-electron chi connectivity index (χ3n) is 2.68. The molecular weight excluding hydrogens is 233 g/mol. The fourth-order valence-electron chi connectivity index (χ4n) is 1.92. The van der Waals surface area contributed by atoms with Gasteiger partial charge in [-0.15, -0.1) is 12.4 Å². The van der Waals surface area contributed by atoms with Gasteiger partial charge in [0, 0.05) is 16.6 Å². The fraction of sp³-hybridized carbons (Fsp3) is 0.455. The number of aromatic hydroxyl groups is 1. The van der Waals surface area contributed by atoms with Crippen LogP contribution in [0.15, 0.2) is 18.2 Å². The third kappa shape index (κ3) is 3.00. The van der Waals surface area contributed by atoms with Crippen LogP contribution in [0.3, 0.4) is 0 Å². The molecule has 84 valence electrons. The predicted molar refractivity (Wildman–Crippen MR) is 65.0 cm³/mol. The second-order valence-corrected chi connectivity index (χ2v) is 4.14. The number of phenols is 1. The van der Waals surface area contributed by atoms with Gasteiger partial charge in [-0.3, -0.25) is 0 Å². The zero-order valence-corrected chi connectivity index (χ0v) is 9.94. The Bertz CT molecular complexity index is 324. The first kappa shape index (κ1) is 12.6. The lowest BCUT2D eigenvalue weighted by atomic mass is 9.97. The molecule has 15 heavy (non-hydrogen) atoms. The van der Waals surface area contributed by atoms with Crippen LogP contribution in [-0.4, -0.2) is 11.7 Å².